The monoisotopic (exact) mass is 285 g/mol. The minimum atomic E-state index is -0.403. The van der Waals surface area contributed by atoms with Gasteiger partial charge in [0.2, 0.25) is 0 Å². The van der Waals surface area contributed by atoms with Crippen molar-refractivity contribution >= 4 is 17.4 Å². The van der Waals surface area contributed by atoms with Crippen molar-refractivity contribution in [2.24, 2.45) is 10.9 Å². The fourth-order valence-corrected chi connectivity index (χ4v) is 2.21. The molecule has 2 rings (SSSR count). The Morgan fingerprint density at radius 2 is 2.26 bits per heavy atom. The molecule has 0 saturated heterocycles. The molecule has 3 N–H and O–H groups in total. The van der Waals surface area contributed by atoms with E-state index < -0.39 is 5.82 Å². The van der Waals surface area contributed by atoms with Crippen molar-refractivity contribution in [3.63, 3.8) is 0 Å². The van der Waals surface area contributed by atoms with Crippen LogP contribution in [0.4, 0.5) is 4.39 Å². The van der Waals surface area contributed by atoms with E-state index in [1.807, 2.05) is 0 Å². The number of nitrogens with two attached hydrogens (primary N) is 1. The molecule has 104 valence electrons. The van der Waals surface area contributed by atoms with E-state index in [0.717, 1.165) is 24.9 Å². The first kappa shape index (κ1) is 14.1. The summed E-state index contributed by atoms with van der Waals surface area (Å²) >= 11 is 5.78. The summed E-state index contributed by atoms with van der Waals surface area (Å²) in [7, 11) is 0. The lowest BCUT2D eigenvalue weighted by atomic mass is 10.2. The maximum Gasteiger partial charge on any atom is 0.141 e. The SMILES string of the molecule is N/C(CCN(Cc1ccc(F)c(Cl)c1)C1CC1)=N/O. The molecule has 1 aliphatic carbocycles. The Bertz CT molecular complexity index is 477. The van der Waals surface area contributed by atoms with Gasteiger partial charge in [0.1, 0.15) is 11.7 Å². The Balaban J connectivity index is 1.98. The highest BCUT2D eigenvalue weighted by atomic mass is 35.5. The number of nitrogens with zero attached hydrogens (tertiary/aromatic N) is 2. The van der Waals surface area contributed by atoms with E-state index in [1.165, 1.54) is 6.07 Å². The lowest BCUT2D eigenvalue weighted by Crippen LogP contribution is -2.29. The van der Waals surface area contributed by atoms with Gasteiger partial charge in [0.15, 0.2) is 0 Å². The van der Waals surface area contributed by atoms with Crippen molar-refractivity contribution < 1.29 is 9.60 Å². The topological polar surface area (TPSA) is 61.8 Å². The highest BCUT2D eigenvalue weighted by molar-refractivity contribution is 6.30. The highest BCUT2D eigenvalue weighted by Gasteiger charge is 2.28. The van der Waals surface area contributed by atoms with Gasteiger partial charge >= 0.3 is 0 Å². The molecule has 0 atom stereocenters. The zero-order valence-electron chi connectivity index (χ0n) is 10.5. The summed E-state index contributed by atoms with van der Waals surface area (Å²) in [4.78, 5) is 2.25. The predicted molar refractivity (Wildman–Crippen MR) is 72.9 cm³/mol. The van der Waals surface area contributed by atoms with Crippen molar-refractivity contribution in [1.82, 2.24) is 4.90 Å². The number of halogens is 2. The first-order valence-corrected chi connectivity index (χ1v) is 6.62. The minimum absolute atomic E-state index is 0.143. The molecule has 0 radical (unpaired) electrons. The summed E-state index contributed by atoms with van der Waals surface area (Å²) in [5.74, 6) is -0.178. The molecule has 0 heterocycles. The van der Waals surface area contributed by atoms with Gasteiger partial charge in [0.05, 0.1) is 5.02 Å². The molecule has 0 unspecified atom stereocenters. The van der Waals surface area contributed by atoms with Gasteiger partial charge in [0, 0.05) is 25.6 Å². The molecule has 4 nitrogen and oxygen atoms in total. The van der Waals surface area contributed by atoms with E-state index in [9.17, 15) is 4.39 Å². The normalized spacial score (nSPS) is 16.1. The first-order valence-electron chi connectivity index (χ1n) is 6.24. The van der Waals surface area contributed by atoms with Gasteiger partial charge in [-0.05, 0) is 30.5 Å². The van der Waals surface area contributed by atoms with E-state index in [-0.39, 0.29) is 10.9 Å². The molecule has 19 heavy (non-hydrogen) atoms. The second kappa shape index (κ2) is 6.21. The molecule has 1 aromatic carbocycles. The number of amidine groups is 1. The smallest absolute Gasteiger partial charge is 0.141 e. The van der Waals surface area contributed by atoms with Gasteiger partial charge in [-0.25, -0.2) is 4.39 Å². The summed E-state index contributed by atoms with van der Waals surface area (Å²) in [6.45, 7) is 1.42. The molecule has 0 amide bonds. The summed E-state index contributed by atoms with van der Waals surface area (Å²) in [5, 5.41) is 11.7. The minimum Gasteiger partial charge on any atom is -0.409 e. The van der Waals surface area contributed by atoms with E-state index in [4.69, 9.17) is 22.5 Å². The molecular formula is C13H17ClFN3O. The zero-order valence-corrected chi connectivity index (χ0v) is 11.3. The second-order valence-electron chi connectivity index (χ2n) is 4.79. The number of rotatable bonds is 6. The predicted octanol–water partition coefficient (Wildman–Crippen LogP) is 2.58. The fourth-order valence-electron chi connectivity index (χ4n) is 2.01. The third kappa shape index (κ3) is 4.08. The second-order valence-corrected chi connectivity index (χ2v) is 5.20. The molecule has 1 fully saturated rings. The van der Waals surface area contributed by atoms with Crippen LogP contribution in [-0.2, 0) is 6.54 Å². The molecule has 0 spiro atoms. The van der Waals surface area contributed by atoms with Gasteiger partial charge in [-0.15, -0.1) is 0 Å². The van der Waals surface area contributed by atoms with Gasteiger partial charge < -0.3 is 10.9 Å². The van der Waals surface area contributed by atoms with Gasteiger partial charge in [-0.2, -0.15) is 0 Å². The standard InChI is InChI=1S/C13H17ClFN3O/c14-11-7-9(1-4-12(11)15)8-18(10-2-3-10)6-5-13(16)17-19/h1,4,7,10,19H,2-3,5-6,8H2,(H2,16,17). The molecule has 1 aliphatic rings. The molecule has 0 bridgehead atoms. The third-order valence-corrected chi connectivity index (χ3v) is 3.51. The van der Waals surface area contributed by atoms with Crippen molar-refractivity contribution in [1.29, 1.82) is 0 Å². The van der Waals surface area contributed by atoms with Crippen LogP contribution in [0.2, 0.25) is 5.02 Å². The molecule has 1 aromatic rings. The maximum absolute atomic E-state index is 13.1. The summed E-state index contributed by atoms with van der Waals surface area (Å²) in [6.07, 6.45) is 2.83. The average Bonchev–Trinajstić information content (AvgIpc) is 3.22. The molecule has 0 aromatic heterocycles. The molecular weight excluding hydrogens is 269 g/mol. The van der Waals surface area contributed by atoms with Gasteiger partial charge in [-0.3, -0.25) is 4.90 Å². The molecule has 1 saturated carbocycles. The van der Waals surface area contributed by atoms with Crippen LogP contribution in [-0.4, -0.2) is 28.5 Å². The van der Waals surface area contributed by atoms with Crippen LogP contribution in [0.3, 0.4) is 0 Å². The molecule has 0 aliphatic heterocycles. The average molecular weight is 286 g/mol. The Labute approximate surface area is 116 Å². The number of benzene rings is 1. The Morgan fingerprint density at radius 3 is 2.84 bits per heavy atom. The van der Waals surface area contributed by atoms with Crippen molar-refractivity contribution in [2.75, 3.05) is 6.54 Å². The maximum atomic E-state index is 13.1. The fraction of sp³-hybridized carbons (Fsp3) is 0.462. The Kier molecular flexibility index (Phi) is 4.61. The summed E-state index contributed by atoms with van der Waals surface area (Å²) < 4.78 is 13.1. The highest BCUT2D eigenvalue weighted by Crippen LogP contribution is 2.29. The van der Waals surface area contributed by atoms with Crippen LogP contribution in [0.5, 0.6) is 0 Å². The van der Waals surface area contributed by atoms with Gasteiger partial charge in [0.25, 0.3) is 0 Å². The number of oxime groups is 1. The van der Waals surface area contributed by atoms with E-state index in [0.29, 0.717) is 19.0 Å². The number of hydrogen-bond acceptors (Lipinski definition) is 3. The largest absolute Gasteiger partial charge is 0.409 e. The first-order chi connectivity index (χ1) is 9.10. The summed E-state index contributed by atoms with van der Waals surface area (Å²) in [5.41, 5.74) is 6.45. The van der Waals surface area contributed by atoms with Crippen LogP contribution in [0.25, 0.3) is 0 Å². The Morgan fingerprint density at radius 1 is 1.53 bits per heavy atom. The summed E-state index contributed by atoms with van der Waals surface area (Å²) in [6, 6.07) is 5.30. The molecule has 6 heteroatoms. The van der Waals surface area contributed by atoms with E-state index in [2.05, 4.69) is 10.1 Å². The van der Waals surface area contributed by atoms with Crippen LogP contribution in [0.15, 0.2) is 23.4 Å². The van der Waals surface area contributed by atoms with Crippen LogP contribution in [0, 0.1) is 5.82 Å². The van der Waals surface area contributed by atoms with Crippen LogP contribution < -0.4 is 5.73 Å². The zero-order chi connectivity index (χ0) is 13.8. The van der Waals surface area contributed by atoms with E-state index in [1.54, 1.807) is 12.1 Å². The van der Waals surface area contributed by atoms with Crippen LogP contribution >= 0.6 is 11.6 Å². The third-order valence-electron chi connectivity index (χ3n) is 3.22. The number of hydrogen-bond donors (Lipinski definition) is 2. The van der Waals surface area contributed by atoms with Crippen LogP contribution in [0.1, 0.15) is 24.8 Å². The van der Waals surface area contributed by atoms with Crippen molar-refractivity contribution in [2.45, 2.75) is 31.8 Å². The quantitative estimate of drug-likeness (QED) is 0.365. The van der Waals surface area contributed by atoms with Gasteiger partial charge in [-0.1, -0.05) is 22.8 Å². The lowest BCUT2D eigenvalue weighted by Gasteiger charge is -2.21. The Hall–Kier alpha value is -1.33. The van der Waals surface area contributed by atoms with Crippen molar-refractivity contribution in [3.8, 4) is 0 Å². The lowest BCUT2D eigenvalue weighted by molar-refractivity contribution is 0.259. The van der Waals surface area contributed by atoms with E-state index >= 15 is 0 Å². The van der Waals surface area contributed by atoms with Crippen molar-refractivity contribution in [3.05, 3.63) is 34.6 Å².